The highest BCUT2D eigenvalue weighted by molar-refractivity contribution is 7.09. The molecule has 1 aromatic heterocycles. The lowest BCUT2D eigenvalue weighted by atomic mass is 9.90. The highest BCUT2D eigenvalue weighted by Crippen LogP contribution is 2.28. The summed E-state index contributed by atoms with van der Waals surface area (Å²) in [6.45, 7) is 3.29. The van der Waals surface area contributed by atoms with E-state index < -0.39 is 0 Å². The first-order valence-corrected chi connectivity index (χ1v) is 8.73. The molecule has 1 N–H and O–H groups in total. The van der Waals surface area contributed by atoms with Crippen LogP contribution in [0.4, 0.5) is 4.79 Å². The van der Waals surface area contributed by atoms with Crippen molar-refractivity contribution in [3.63, 3.8) is 0 Å². The van der Waals surface area contributed by atoms with E-state index in [1.165, 1.54) is 12.8 Å². The maximum absolute atomic E-state index is 12.1. The largest absolute Gasteiger partial charge is 0.378 e. The quantitative estimate of drug-likeness (QED) is 0.928. The van der Waals surface area contributed by atoms with Gasteiger partial charge in [0.05, 0.1) is 11.1 Å². The van der Waals surface area contributed by atoms with Crippen LogP contribution in [-0.2, 0) is 11.2 Å². The smallest absolute Gasteiger partial charge is 0.317 e. The SMILES string of the molecule is O=C(NCCc1nccs1)N1CCC([C@@H]2CCCO2)CC1. The zero-order valence-electron chi connectivity index (χ0n) is 12.3. The molecule has 2 aliphatic heterocycles. The molecule has 1 aromatic rings. The summed E-state index contributed by atoms with van der Waals surface area (Å²) in [5.41, 5.74) is 0. The van der Waals surface area contributed by atoms with Gasteiger partial charge in [-0.05, 0) is 31.6 Å². The Morgan fingerprint density at radius 2 is 2.29 bits per heavy atom. The lowest BCUT2D eigenvalue weighted by Gasteiger charge is -2.34. The van der Waals surface area contributed by atoms with E-state index in [0.29, 0.717) is 18.6 Å². The minimum absolute atomic E-state index is 0.0670. The molecule has 2 saturated heterocycles. The highest BCUT2D eigenvalue weighted by atomic mass is 32.1. The fourth-order valence-electron chi connectivity index (χ4n) is 3.21. The monoisotopic (exact) mass is 309 g/mol. The Balaban J connectivity index is 1.36. The van der Waals surface area contributed by atoms with Crippen LogP contribution in [0.25, 0.3) is 0 Å². The summed E-state index contributed by atoms with van der Waals surface area (Å²) >= 11 is 1.63. The van der Waals surface area contributed by atoms with Gasteiger partial charge in [0.15, 0.2) is 0 Å². The Labute approximate surface area is 129 Å². The van der Waals surface area contributed by atoms with Gasteiger partial charge >= 0.3 is 6.03 Å². The molecule has 0 unspecified atom stereocenters. The van der Waals surface area contributed by atoms with Gasteiger partial charge in [0.2, 0.25) is 0 Å². The second-order valence-corrected chi connectivity index (χ2v) is 6.76. The number of ether oxygens (including phenoxy) is 1. The molecule has 0 radical (unpaired) electrons. The molecule has 0 bridgehead atoms. The van der Waals surface area contributed by atoms with Gasteiger partial charge in [0, 0.05) is 44.2 Å². The molecule has 0 aliphatic carbocycles. The zero-order chi connectivity index (χ0) is 14.5. The highest BCUT2D eigenvalue weighted by Gasteiger charge is 2.30. The summed E-state index contributed by atoms with van der Waals surface area (Å²) in [6.07, 6.45) is 7.61. The fraction of sp³-hybridized carbons (Fsp3) is 0.733. The predicted molar refractivity (Wildman–Crippen MR) is 82.5 cm³/mol. The molecular formula is C15H23N3O2S. The molecule has 0 saturated carbocycles. The van der Waals surface area contributed by atoms with Crippen LogP contribution in [0, 0.1) is 5.92 Å². The van der Waals surface area contributed by atoms with Gasteiger partial charge in [-0.2, -0.15) is 0 Å². The number of rotatable bonds is 4. The van der Waals surface area contributed by atoms with Crippen LogP contribution >= 0.6 is 11.3 Å². The first-order valence-electron chi connectivity index (χ1n) is 7.85. The number of carbonyl (C=O) groups is 1. The number of urea groups is 1. The normalized spacial score (nSPS) is 23.4. The molecule has 2 aliphatic rings. The molecule has 21 heavy (non-hydrogen) atoms. The molecule has 116 valence electrons. The van der Waals surface area contributed by atoms with Gasteiger partial charge in [-0.3, -0.25) is 0 Å². The lowest BCUT2D eigenvalue weighted by Crippen LogP contribution is -2.46. The third-order valence-corrected chi connectivity index (χ3v) is 5.26. The molecule has 2 fully saturated rings. The van der Waals surface area contributed by atoms with Crippen LogP contribution < -0.4 is 5.32 Å². The van der Waals surface area contributed by atoms with E-state index in [1.807, 2.05) is 10.3 Å². The van der Waals surface area contributed by atoms with Crippen LogP contribution in [-0.4, -0.2) is 48.3 Å². The average molecular weight is 309 g/mol. The average Bonchev–Trinajstić information content (AvgIpc) is 3.21. The minimum atomic E-state index is 0.0670. The third kappa shape index (κ3) is 3.95. The molecular weight excluding hydrogens is 286 g/mol. The Morgan fingerprint density at radius 3 is 2.95 bits per heavy atom. The molecule has 1 atom stereocenters. The Morgan fingerprint density at radius 1 is 1.43 bits per heavy atom. The van der Waals surface area contributed by atoms with E-state index in [1.54, 1.807) is 17.5 Å². The number of piperidine rings is 1. The summed E-state index contributed by atoms with van der Waals surface area (Å²) in [4.78, 5) is 18.3. The number of hydrogen-bond acceptors (Lipinski definition) is 4. The molecule has 0 aromatic carbocycles. The molecule has 6 heteroatoms. The van der Waals surface area contributed by atoms with Gasteiger partial charge in [-0.15, -0.1) is 11.3 Å². The van der Waals surface area contributed by atoms with E-state index in [4.69, 9.17) is 4.74 Å². The van der Waals surface area contributed by atoms with E-state index in [-0.39, 0.29) is 6.03 Å². The van der Waals surface area contributed by atoms with Crippen molar-refractivity contribution in [2.24, 2.45) is 5.92 Å². The summed E-state index contributed by atoms with van der Waals surface area (Å²) in [6, 6.07) is 0.0670. The number of likely N-dealkylation sites (tertiary alicyclic amines) is 1. The number of aromatic nitrogens is 1. The molecule has 0 spiro atoms. The number of carbonyl (C=O) groups excluding carboxylic acids is 1. The Kier molecular flexibility index (Phi) is 5.08. The van der Waals surface area contributed by atoms with E-state index in [0.717, 1.165) is 44.0 Å². The van der Waals surface area contributed by atoms with E-state index >= 15 is 0 Å². The van der Waals surface area contributed by atoms with Gasteiger partial charge in [-0.25, -0.2) is 9.78 Å². The van der Waals surface area contributed by atoms with Gasteiger partial charge in [0.25, 0.3) is 0 Å². The van der Waals surface area contributed by atoms with Crippen molar-refractivity contribution in [2.75, 3.05) is 26.2 Å². The first kappa shape index (κ1) is 14.8. The van der Waals surface area contributed by atoms with Crippen molar-refractivity contribution in [1.82, 2.24) is 15.2 Å². The minimum Gasteiger partial charge on any atom is -0.378 e. The first-order chi connectivity index (χ1) is 10.3. The van der Waals surface area contributed by atoms with Crippen molar-refractivity contribution in [1.29, 1.82) is 0 Å². The number of nitrogens with zero attached hydrogens (tertiary/aromatic N) is 2. The molecule has 5 nitrogen and oxygen atoms in total. The van der Waals surface area contributed by atoms with Gasteiger partial charge < -0.3 is 15.0 Å². The number of amides is 2. The predicted octanol–water partition coefficient (Wildman–Crippen LogP) is 2.29. The van der Waals surface area contributed by atoms with Crippen molar-refractivity contribution in [2.45, 2.75) is 38.2 Å². The summed E-state index contributed by atoms with van der Waals surface area (Å²) in [7, 11) is 0. The molecule has 2 amide bonds. The van der Waals surface area contributed by atoms with E-state index in [2.05, 4.69) is 10.3 Å². The maximum Gasteiger partial charge on any atom is 0.317 e. The topological polar surface area (TPSA) is 54.5 Å². The van der Waals surface area contributed by atoms with E-state index in [9.17, 15) is 4.79 Å². The zero-order valence-corrected chi connectivity index (χ0v) is 13.1. The standard InChI is InChI=1S/C15H23N3O2S/c19-15(17-6-3-14-16-7-11-21-14)18-8-4-12(5-9-18)13-2-1-10-20-13/h7,11-13H,1-6,8-10H2,(H,17,19)/t13-/m0/s1. The Bertz CT molecular complexity index is 438. The van der Waals surface area contributed by atoms with Crippen LogP contribution in [0.1, 0.15) is 30.7 Å². The molecule has 3 rings (SSSR count). The van der Waals surface area contributed by atoms with Crippen LogP contribution in [0.2, 0.25) is 0 Å². The van der Waals surface area contributed by atoms with Crippen LogP contribution in [0.3, 0.4) is 0 Å². The summed E-state index contributed by atoms with van der Waals surface area (Å²) in [5.74, 6) is 0.645. The van der Waals surface area contributed by atoms with Crippen LogP contribution in [0.15, 0.2) is 11.6 Å². The fourth-order valence-corrected chi connectivity index (χ4v) is 3.83. The summed E-state index contributed by atoms with van der Waals surface area (Å²) in [5, 5.41) is 6.04. The van der Waals surface area contributed by atoms with Crippen molar-refractivity contribution in [3.05, 3.63) is 16.6 Å². The van der Waals surface area contributed by atoms with Gasteiger partial charge in [-0.1, -0.05) is 0 Å². The van der Waals surface area contributed by atoms with Crippen molar-refractivity contribution in [3.8, 4) is 0 Å². The number of thiazole rings is 1. The van der Waals surface area contributed by atoms with Crippen molar-refractivity contribution >= 4 is 17.4 Å². The third-order valence-electron chi connectivity index (χ3n) is 4.42. The summed E-state index contributed by atoms with van der Waals surface area (Å²) < 4.78 is 5.77. The number of hydrogen-bond donors (Lipinski definition) is 1. The lowest BCUT2D eigenvalue weighted by molar-refractivity contribution is 0.0373. The van der Waals surface area contributed by atoms with Crippen LogP contribution in [0.5, 0.6) is 0 Å². The van der Waals surface area contributed by atoms with Crippen molar-refractivity contribution < 1.29 is 9.53 Å². The van der Waals surface area contributed by atoms with Gasteiger partial charge in [0.1, 0.15) is 0 Å². The number of nitrogens with one attached hydrogen (secondary N) is 1. The Hall–Kier alpha value is -1.14. The maximum atomic E-state index is 12.1. The second-order valence-electron chi connectivity index (χ2n) is 5.78. The second kappa shape index (κ2) is 7.22. The molecule has 3 heterocycles.